The molecule has 0 saturated carbocycles. The summed E-state index contributed by atoms with van der Waals surface area (Å²) in [5.41, 5.74) is 3.83. The number of aliphatic carboxylic acids is 10. The maximum atomic E-state index is 12.8. The van der Waals surface area contributed by atoms with Crippen LogP contribution in [0.5, 0.6) is 0 Å². The number of carboxylic acids is 10. The van der Waals surface area contributed by atoms with Gasteiger partial charge in [0.05, 0.1) is 72.0 Å². The molecule has 0 bridgehead atoms. The third kappa shape index (κ3) is 39.2. The summed E-state index contributed by atoms with van der Waals surface area (Å²) >= 11 is 10.9. The van der Waals surface area contributed by atoms with Crippen LogP contribution in [0.25, 0.3) is 0 Å². The van der Waals surface area contributed by atoms with E-state index in [9.17, 15) is 104 Å². The van der Waals surface area contributed by atoms with Crippen molar-refractivity contribution in [2.24, 2.45) is 0 Å². The molecule has 92 heavy (non-hydrogen) atoms. The quantitative estimate of drug-likeness (QED) is 0.0246. The summed E-state index contributed by atoms with van der Waals surface area (Å²) in [7, 11) is 0. The van der Waals surface area contributed by atoms with E-state index in [2.05, 4.69) is 26.6 Å². The molecule has 0 spiro atoms. The van der Waals surface area contributed by atoms with Gasteiger partial charge in [-0.05, 0) is 83.8 Å². The molecule has 38 heteroatoms. The Bertz CT molecular complexity index is 2860. The fourth-order valence-corrected chi connectivity index (χ4v) is 9.25. The second-order valence-electron chi connectivity index (χ2n) is 20.0. The molecular weight excluding hydrogens is 1550 g/mol. The van der Waals surface area contributed by atoms with Crippen LogP contribution in [-0.2, 0) is 78.7 Å². The van der Waals surface area contributed by atoms with E-state index in [1.165, 1.54) is 9.80 Å². The Labute approximate surface area is 601 Å². The van der Waals surface area contributed by atoms with Crippen molar-refractivity contribution in [2.45, 2.75) is 38.0 Å². The minimum absolute atomic E-state index is 0. The molecule has 0 saturated heterocycles. The molecular formula is C54H75Gd2N11O23S2+6. The standard InChI is InChI=1S/C54H71N11O21S2.2Gd.2H2O/c66-42(21-57-54(88)59-39-11-7-35(8-12-39)18-41(65(32-51(83)84)33-52(85)86)23-61(25-44(69)70)14-16-63(28-47(75)76)29-48(77)78)55-19-36-1-3-37(4-2-36)20-56-53(87)58-38-9-5-34(6-10-38)17-40(64(30-49(79)80)31-50(81)82)22-60(24-43(67)68)13-15-62(26-45(71)72)27-46(73)74;;;;/h1-12,40-41H,13-33H2,(H,55,66)(H,67,68)(H,69,70)(H,71,72)(H,73,74)(H,75,76)(H,77,78)(H,79,80)(H,81,82)(H,83,84)(H,85,86)(H2,56,58,87)(H2,57,59,88);;;2*1H2/q;2*+3;;/t40-,41-;;;;/m0..../s1. The molecule has 0 unspecified atom stereocenters. The van der Waals surface area contributed by atoms with Crippen molar-refractivity contribution in [1.82, 2.24) is 45.3 Å². The number of nitrogens with one attached hydrogen (secondary N) is 5. The van der Waals surface area contributed by atoms with Gasteiger partial charge in [0, 0.05) is 75.8 Å². The third-order valence-corrected chi connectivity index (χ3v) is 13.2. The van der Waals surface area contributed by atoms with Crippen molar-refractivity contribution < 1.29 is 195 Å². The summed E-state index contributed by atoms with van der Waals surface area (Å²) < 4.78 is 0. The van der Waals surface area contributed by atoms with Crippen LogP contribution in [0.4, 0.5) is 11.4 Å². The average Bonchev–Trinajstić information content (AvgIpc) is 2.47. The van der Waals surface area contributed by atoms with Gasteiger partial charge in [0.1, 0.15) is 0 Å². The van der Waals surface area contributed by atoms with E-state index >= 15 is 0 Å². The van der Waals surface area contributed by atoms with Crippen LogP contribution >= 0.6 is 24.4 Å². The van der Waals surface area contributed by atoms with Gasteiger partial charge in [-0.3, -0.25) is 82.1 Å². The first-order chi connectivity index (χ1) is 41.5. The zero-order chi connectivity index (χ0) is 65.5. The van der Waals surface area contributed by atoms with Crippen LogP contribution in [-0.4, -0.2) is 291 Å². The molecule has 1 amide bonds. The number of thiocarbonyl (C=S) groups is 2. The molecule has 0 aliphatic carbocycles. The summed E-state index contributed by atoms with van der Waals surface area (Å²) in [5.74, 6) is -13.6. The van der Waals surface area contributed by atoms with Crippen LogP contribution in [0.2, 0.25) is 0 Å². The van der Waals surface area contributed by atoms with Gasteiger partial charge in [0.2, 0.25) is 5.91 Å². The van der Waals surface area contributed by atoms with E-state index in [-0.39, 0.29) is 166 Å². The first-order valence-corrected chi connectivity index (χ1v) is 27.5. The van der Waals surface area contributed by atoms with Gasteiger partial charge in [-0.25, -0.2) is 0 Å². The Morgan fingerprint density at radius 1 is 0.348 bits per heavy atom. The minimum atomic E-state index is -1.35. The minimum Gasteiger partial charge on any atom is -0.480 e. The Morgan fingerprint density at radius 3 is 0.891 bits per heavy atom. The van der Waals surface area contributed by atoms with Crippen LogP contribution < -0.4 is 26.6 Å². The van der Waals surface area contributed by atoms with Gasteiger partial charge >= 0.3 is 140 Å². The second kappa shape index (κ2) is 46.6. The topological polar surface area (TPSA) is 533 Å². The first kappa shape index (κ1) is 87.6. The fraction of sp³-hybridized carbons (Fsp3) is 0.426. The normalized spacial score (nSPS) is 11.4. The maximum Gasteiger partial charge on any atom is 3.00 e. The smallest absolute Gasteiger partial charge is 0.480 e. The number of rotatable bonds is 44. The predicted octanol–water partition coefficient (Wildman–Crippen LogP) is -3.39. The summed E-state index contributed by atoms with van der Waals surface area (Å²) in [4.78, 5) is 136. The van der Waals surface area contributed by atoms with E-state index in [4.69, 9.17) is 24.4 Å². The number of hydrogen-bond acceptors (Lipinski definition) is 19. The van der Waals surface area contributed by atoms with Crippen molar-refractivity contribution in [3.63, 3.8) is 0 Å². The number of carboxylic acid groups (broad SMARTS) is 10. The zero-order valence-electron chi connectivity index (χ0n) is 49.1. The molecule has 0 fully saturated rings. The van der Waals surface area contributed by atoms with Gasteiger partial charge < -0.3 is 88.6 Å². The van der Waals surface area contributed by atoms with Gasteiger partial charge in [-0.15, -0.1) is 0 Å². The Kier molecular flexibility index (Phi) is 44.4. The largest absolute Gasteiger partial charge is 3.00 e. The predicted molar refractivity (Wildman–Crippen MR) is 326 cm³/mol. The van der Waals surface area contributed by atoms with Gasteiger partial charge in [0.15, 0.2) is 10.2 Å². The molecule has 0 aromatic heterocycles. The molecule has 2 radical (unpaired) electrons. The number of carbonyl (C=O) groups is 11. The number of carbonyl (C=O) groups excluding carboxylic acids is 1. The van der Waals surface area contributed by atoms with Gasteiger partial charge in [-0.2, -0.15) is 0 Å². The number of nitrogens with zero attached hydrogens (tertiary/aromatic N) is 6. The van der Waals surface area contributed by atoms with Crippen LogP contribution in [0.3, 0.4) is 0 Å². The molecule has 3 aromatic rings. The summed E-state index contributed by atoms with van der Waals surface area (Å²) in [6.45, 7) is -7.43. The van der Waals surface area contributed by atoms with E-state index in [1.54, 1.807) is 60.7 Å². The van der Waals surface area contributed by atoms with Gasteiger partial charge in [0.25, 0.3) is 0 Å². The second-order valence-corrected chi connectivity index (χ2v) is 20.8. The van der Waals surface area contributed by atoms with E-state index < -0.39 is 143 Å². The summed E-state index contributed by atoms with van der Waals surface area (Å²) in [6.07, 6.45) is 0.0751. The number of amides is 1. The molecule has 0 aliphatic rings. The summed E-state index contributed by atoms with van der Waals surface area (Å²) in [5, 5.41) is 110. The van der Waals surface area contributed by atoms with Crippen molar-refractivity contribution in [2.75, 3.05) is 122 Å². The van der Waals surface area contributed by atoms with E-state index in [0.29, 0.717) is 29.0 Å². The van der Waals surface area contributed by atoms with Crippen molar-refractivity contribution in [3.8, 4) is 0 Å². The first-order valence-electron chi connectivity index (χ1n) is 26.7. The van der Waals surface area contributed by atoms with Crippen molar-refractivity contribution >= 4 is 112 Å². The van der Waals surface area contributed by atoms with Crippen molar-refractivity contribution in [1.29, 1.82) is 0 Å². The maximum absolute atomic E-state index is 12.8. The number of hydrogen-bond donors (Lipinski definition) is 15. The fourth-order valence-electron chi connectivity index (χ4n) is 8.87. The van der Waals surface area contributed by atoms with Crippen molar-refractivity contribution in [3.05, 3.63) is 95.1 Å². The molecule has 0 heterocycles. The molecule has 34 nitrogen and oxygen atoms in total. The zero-order valence-corrected chi connectivity index (χ0v) is 55.3. The molecule has 19 N–H and O–H groups in total. The summed E-state index contributed by atoms with van der Waals surface area (Å²) in [6, 6.07) is 18.7. The van der Waals surface area contributed by atoms with Gasteiger partial charge in [-0.1, -0.05) is 48.5 Å². The average molecular weight is 1620 g/mol. The van der Waals surface area contributed by atoms with Crippen LogP contribution in [0, 0.1) is 79.9 Å². The third-order valence-electron chi connectivity index (χ3n) is 12.7. The molecule has 506 valence electrons. The number of benzene rings is 3. The molecule has 3 aromatic carbocycles. The van der Waals surface area contributed by atoms with E-state index in [1.807, 2.05) is 12.1 Å². The number of anilines is 2. The van der Waals surface area contributed by atoms with Crippen LogP contribution in [0.15, 0.2) is 72.8 Å². The Hall–Kier alpha value is -6.46. The Balaban J connectivity index is 0. The SMILES string of the molecule is O.O.O=C(O)CN(CCN(CC(=O)O)C[C@H](Cc1ccc(NC(=S)NCC(=O)NCc2ccc(CNC(=S)Nc3ccc(C[C@@H](CN(CCN(CC(=O)O)CC(=O)O)CC(=O)O)N(CC(=O)O)CC(=O)O)cc3)cc2)cc1)N(CC(=O)O)CC(=O)O)CC(=O)O.[Gd+3].[Gd+3]. The van der Waals surface area contributed by atoms with Crippen LogP contribution in [0.1, 0.15) is 22.3 Å². The van der Waals surface area contributed by atoms with E-state index in [0.717, 1.165) is 30.7 Å². The molecule has 2 atom stereocenters. The monoisotopic (exact) mass is 1630 g/mol. The molecule has 0 aliphatic heterocycles. The molecule has 3 rings (SSSR count). The Morgan fingerprint density at radius 2 is 0.598 bits per heavy atom.